The second-order valence-electron chi connectivity index (χ2n) is 18.2. The topological polar surface area (TPSA) is 105 Å². The van der Waals surface area contributed by atoms with Crippen molar-refractivity contribution in [2.75, 3.05) is 40.9 Å². The summed E-state index contributed by atoms with van der Waals surface area (Å²) in [6.45, 7) is 4.81. The number of aliphatic hydroxyl groups is 1. The summed E-state index contributed by atoms with van der Waals surface area (Å²) in [6, 6.07) is -0.858. The van der Waals surface area contributed by atoms with Crippen LogP contribution in [0.25, 0.3) is 0 Å². The van der Waals surface area contributed by atoms with E-state index >= 15 is 0 Å². The average molecular weight is 842 g/mol. The fourth-order valence-corrected chi connectivity index (χ4v) is 7.97. The number of allylic oxidation sites excluding steroid dienone is 3. The van der Waals surface area contributed by atoms with Crippen LogP contribution in [0, 0.1) is 0 Å². The van der Waals surface area contributed by atoms with Crippen LogP contribution in [-0.2, 0) is 18.4 Å². The van der Waals surface area contributed by atoms with Gasteiger partial charge in [-0.1, -0.05) is 218 Å². The zero-order valence-electron chi connectivity index (χ0n) is 39.0. The highest BCUT2D eigenvalue weighted by Crippen LogP contribution is 2.43. The molecule has 0 aromatic heterocycles. The van der Waals surface area contributed by atoms with Crippen molar-refractivity contribution in [3.8, 4) is 0 Å². The first kappa shape index (κ1) is 57.0. The Hall–Kier alpha value is -1.02. The number of carbonyl (C=O) groups excluding carboxylic acids is 1. The first-order valence-corrected chi connectivity index (χ1v) is 26.2. The highest BCUT2D eigenvalue weighted by atomic mass is 31.2. The van der Waals surface area contributed by atoms with E-state index in [9.17, 15) is 19.4 Å². The van der Waals surface area contributed by atoms with Crippen LogP contribution in [0.1, 0.15) is 232 Å². The number of hydrogen-bond acceptors (Lipinski definition) is 5. The Morgan fingerprint density at radius 1 is 0.569 bits per heavy atom. The van der Waals surface area contributed by atoms with Gasteiger partial charge in [0, 0.05) is 6.42 Å². The fourth-order valence-electron chi connectivity index (χ4n) is 7.23. The molecule has 0 aliphatic heterocycles. The minimum absolute atomic E-state index is 0.0584. The third-order valence-electron chi connectivity index (χ3n) is 11.2. The molecule has 9 heteroatoms. The second kappa shape index (κ2) is 41.3. The van der Waals surface area contributed by atoms with Gasteiger partial charge in [0.2, 0.25) is 5.91 Å². The van der Waals surface area contributed by atoms with Gasteiger partial charge < -0.3 is 19.8 Å². The number of rotatable bonds is 45. The van der Waals surface area contributed by atoms with Crippen molar-refractivity contribution in [2.24, 2.45) is 0 Å². The third kappa shape index (κ3) is 43.1. The van der Waals surface area contributed by atoms with E-state index < -0.39 is 20.0 Å². The third-order valence-corrected chi connectivity index (χ3v) is 12.2. The molecule has 0 bridgehead atoms. The number of carbonyl (C=O) groups is 1. The maximum atomic E-state index is 12.9. The summed E-state index contributed by atoms with van der Waals surface area (Å²) >= 11 is 0. The summed E-state index contributed by atoms with van der Waals surface area (Å²) in [7, 11) is 1.56. The predicted octanol–water partition coefficient (Wildman–Crippen LogP) is 14.1. The molecule has 0 aromatic carbocycles. The van der Waals surface area contributed by atoms with Crippen LogP contribution in [-0.4, -0.2) is 73.4 Å². The quantitative estimate of drug-likeness (QED) is 0.0244. The number of likely N-dealkylation sites (N-methyl/N-ethyl adjacent to an activating group) is 1. The molecule has 3 atom stereocenters. The summed E-state index contributed by atoms with van der Waals surface area (Å²) in [6.07, 6.45) is 49.7. The van der Waals surface area contributed by atoms with Gasteiger partial charge in [-0.3, -0.25) is 13.8 Å². The average Bonchev–Trinajstić information content (AvgIpc) is 3.17. The lowest BCUT2D eigenvalue weighted by Gasteiger charge is -2.25. The number of hydrogen-bond donors (Lipinski definition) is 3. The van der Waals surface area contributed by atoms with E-state index in [4.69, 9.17) is 9.05 Å². The van der Waals surface area contributed by atoms with Gasteiger partial charge in [0.1, 0.15) is 13.2 Å². The molecule has 58 heavy (non-hydrogen) atoms. The van der Waals surface area contributed by atoms with Gasteiger partial charge >= 0.3 is 7.82 Å². The smallest absolute Gasteiger partial charge is 0.387 e. The Bertz CT molecular complexity index is 1000. The van der Waals surface area contributed by atoms with Gasteiger partial charge in [-0.2, -0.15) is 0 Å². The van der Waals surface area contributed by atoms with Crippen molar-refractivity contribution in [1.29, 1.82) is 0 Å². The van der Waals surface area contributed by atoms with E-state index in [1.807, 2.05) is 27.2 Å². The van der Waals surface area contributed by atoms with Crippen molar-refractivity contribution in [3.63, 3.8) is 0 Å². The summed E-state index contributed by atoms with van der Waals surface area (Å²) in [5.74, 6) is -0.185. The van der Waals surface area contributed by atoms with E-state index in [0.717, 1.165) is 38.5 Å². The molecule has 0 aliphatic carbocycles. The lowest BCUT2D eigenvalue weighted by molar-refractivity contribution is -0.870. The molecule has 0 saturated heterocycles. The molecular weight excluding hydrogens is 744 g/mol. The molecule has 1 amide bonds. The van der Waals surface area contributed by atoms with Gasteiger partial charge in [0.15, 0.2) is 0 Å². The Morgan fingerprint density at radius 3 is 1.38 bits per heavy atom. The largest absolute Gasteiger partial charge is 0.472 e. The highest BCUT2D eigenvalue weighted by molar-refractivity contribution is 7.47. The minimum Gasteiger partial charge on any atom is -0.387 e. The molecule has 0 saturated carbocycles. The standard InChI is InChI=1S/C49H97N2O6P/c1-6-8-10-12-14-16-18-20-22-23-24-25-26-27-28-29-30-32-34-36-38-40-42-48(52)47(46-57-58(54,55)56-45-44-51(3,4)5)50-49(53)43-41-39-37-35-33-31-21-19-17-15-13-11-9-7-2/h32,34,40,42,47-48,52H,6-31,33,35-39,41,43-46H2,1-5H3,(H-,50,53,54,55)/p+1/b34-32+,42-40+. The lowest BCUT2D eigenvalue weighted by Crippen LogP contribution is -2.45. The number of aliphatic hydroxyl groups excluding tert-OH is 1. The molecule has 0 aliphatic rings. The van der Waals surface area contributed by atoms with Crippen LogP contribution in [0.15, 0.2) is 24.3 Å². The first-order chi connectivity index (χ1) is 28.0. The molecule has 0 aromatic rings. The van der Waals surface area contributed by atoms with Crippen LogP contribution in [0.3, 0.4) is 0 Å². The second-order valence-corrected chi connectivity index (χ2v) is 19.6. The molecule has 0 fully saturated rings. The maximum Gasteiger partial charge on any atom is 0.472 e. The first-order valence-electron chi connectivity index (χ1n) is 24.7. The van der Waals surface area contributed by atoms with Crippen molar-refractivity contribution < 1.29 is 32.9 Å². The molecule has 0 spiro atoms. The lowest BCUT2D eigenvalue weighted by atomic mass is 10.0. The Balaban J connectivity index is 4.35. The van der Waals surface area contributed by atoms with E-state index in [1.165, 1.54) is 173 Å². The van der Waals surface area contributed by atoms with Crippen molar-refractivity contribution in [3.05, 3.63) is 24.3 Å². The number of quaternary nitrogens is 1. The van der Waals surface area contributed by atoms with Crippen LogP contribution in [0.4, 0.5) is 0 Å². The number of unbranched alkanes of at least 4 members (excludes halogenated alkanes) is 30. The van der Waals surface area contributed by atoms with Crippen LogP contribution < -0.4 is 5.32 Å². The normalized spacial score (nSPS) is 14.4. The molecule has 0 rings (SSSR count). The van der Waals surface area contributed by atoms with Crippen LogP contribution in [0.5, 0.6) is 0 Å². The molecular formula is C49H98N2O6P+. The Kier molecular flexibility index (Phi) is 40.6. The van der Waals surface area contributed by atoms with Crippen LogP contribution >= 0.6 is 7.82 Å². The summed E-state index contributed by atoms with van der Waals surface area (Å²) in [4.78, 5) is 23.1. The Morgan fingerprint density at radius 2 is 0.948 bits per heavy atom. The summed E-state index contributed by atoms with van der Waals surface area (Å²) in [5, 5.41) is 13.8. The molecule has 8 nitrogen and oxygen atoms in total. The van der Waals surface area contributed by atoms with Gasteiger partial charge in [-0.15, -0.1) is 0 Å². The van der Waals surface area contributed by atoms with Gasteiger partial charge in [0.25, 0.3) is 0 Å². The number of phosphoric acid groups is 1. The van der Waals surface area contributed by atoms with Gasteiger partial charge in [-0.05, 0) is 32.1 Å². The number of amides is 1. The molecule has 0 heterocycles. The fraction of sp³-hybridized carbons (Fsp3) is 0.898. The van der Waals surface area contributed by atoms with Gasteiger partial charge in [-0.25, -0.2) is 4.57 Å². The minimum atomic E-state index is -4.34. The maximum absolute atomic E-state index is 12.9. The van der Waals surface area contributed by atoms with Crippen molar-refractivity contribution in [1.82, 2.24) is 5.32 Å². The number of nitrogens with one attached hydrogen (secondary N) is 1. The molecule has 0 radical (unpaired) electrons. The van der Waals surface area contributed by atoms with Crippen molar-refractivity contribution in [2.45, 2.75) is 244 Å². The van der Waals surface area contributed by atoms with E-state index in [0.29, 0.717) is 17.4 Å². The van der Waals surface area contributed by atoms with E-state index in [-0.39, 0.29) is 19.1 Å². The molecule has 3 unspecified atom stereocenters. The van der Waals surface area contributed by atoms with Gasteiger partial charge in [0.05, 0.1) is 39.9 Å². The monoisotopic (exact) mass is 842 g/mol. The SMILES string of the molecule is CCCCCCCCCCCCCCCCCC/C=C/CC/C=C/C(O)C(COP(=O)(O)OCC[N+](C)(C)C)NC(=O)CCCCCCCCCCCCCCCC. The summed E-state index contributed by atoms with van der Waals surface area (Å²) in [5.41, 5.74) is 0. The summed E-state index contributed by atoms with van der Waals surface area (Å²) < 4.78 is 23.6. The van der Waals surface area contributed by atoms with Crippen molar-refractivity contribution >= 4 is 13.7 Å². The number of nitrogens with zero attached hydrogens (tertiary/aromatic N) is 1. The predicted molar refractivity (Wildman–Crippen MR) is 249 cm³/mol. The highest BCUT2D eigenvalue weighted by Gasteiger charge is 2.27. The van der Waals surface area contributed by atoms with Crippen LogP contribution in [0.2, 0.25) is 0 Å². The van der Waals surface area contributed by atoms with E-state index in [1.54, 1.807) is 6.08 Å². The number of phosphoric ester groups is 1. The zero-order valence-corrected chi connectivity index (χ0v) is 39.9. The zero-order chi connectivity index (χ0) is 42.8. The Labute approximate surface area is 360 Å². The molecule has 344 valence electrons. The van der Waals surface area contributed by atoms with E-state index in [2.05, 4.69) is 31.3 Å². The molecule has 3 N–H and O–H groups in total.